The van der Waals surface area contributed by atoms with Gasteiger partial charge in [0.2, 0.25) is 5.78 Å². The molecular formula is C13H15BrO3. The number of Topliss-reactive ketones (excluding diaryl/α,β-unsaturated/α-hetero) is 1. The van der Waals surface area contributed by atoms with Gasteiger partial charge < -0.3 is 4.74 Å². The summed E-state index contributed by atoms with van der Waals surface area (Å²) < 4.78 is 5.63. The molecule has 0 fully saturated rings. The fraction of sp³-hybridized carbons (Fsp3) is 0.385. The van der Waals surface area contributed by atoms with Crippen LogP contribution in [0.3, 0.4) is 0 Å². The molecule has 1 unspecified atom stereocenters. The van der Waals surface area contributed by atoms with E-state index in [1.165, 1.54) is 0 Å². The number of halogens is 1. The van der Waals surface area contributed by atoms with Gasteiger partial charge in [0.15, 0.2) is 0 Å². The van der Waals surface area contributed by atoms with Crippen LogP contribution in [0.4, 0.5) is 0 Å². The average Bonchev–Trinajstić information content (AvgIpc) is 2.29. The molecule has 0 amide bonds. The van der Waals surface area contributed by atoms with E-state index in [9.17, 15) is 9.59 Å². The van der Waals surface area contributed by atoms with Crippen molar-refractivity contribution in [3.05, 3.63) is 34.3 Å². The first-order chi connectivity index (χ1) is 8.04. The molecule has 0 bridgehead atoms. The summed E-state index contributed by atoms with van der Waals surface area (Å²) in [6, 6.07) is 7.71. The number of esters is 1. The fourth-order valence-electron chi connectivity index (χ4n) is 1.50. The standard InChI is InChI=1S/C13H15BrO3/c1-3-17-13(16)12(15)7-9(2)10-5-4-6-11(14)8-10/h4-6,8-9H,3,7H2,1-2H3. The molecule has 0 saturated carbocycles. The number of ketones is 1. The van der Waals surface area contributed by atoms with Crippen molar-refractivity contribution in [3.63, 3.8) is 0 Å². The molecule has 0 saturated heterocycles. The van der Waals surface area contributed by atoms with Crippen LogP contribution in [0.2, 0.25) is 0 Å². The zero-order valence-corrected chi connectivity index (χ0v) is 11.5. The Labute approximate surface area is 109 Å². The molecule has 1 rings (SSSR count). The minimum atomic E-state index is -0.741. The molecule has 0 heterocycles. The molecule has 0 aliphatic heterocycles. The maximum absolute atomic E-state index is 11.5. The van der Waals surface area contributed by atoms with E-state index < -0.39 is 11.8 Å². The molecule has 0 aliphatic rings. The summed E-state index contributed by atoms with van der Waals surface area (Å²) in [5, 5.41) is 0. The molecule has 92 valence electrons. The van der Waals surface area contributed by atoms with Crippen LogP contribution in [0.15, 0.2) is 28.7 Å². The van der Waals surface area contributed by atoms with E-state index in [-0.39, 0.29) is 18.9 Å². The maximum atomic E-state index is 11.5. The third kappa shape index (κ3) is 4.30. The first-order valence-electron chi connectivity index (χ1n) is 5.50. The van der Waals surface area contributed by atoms with E-state index in [4.69, 9.17) is 0 Å². The second-order valence-electron chi connectivity index (χ2n) is 3.80. The highest BCUT2D eigenvalue weighted by molar-refractivity contribution is 9.10. The lowest BCUT2D eigenvalue weighted by Crippen LogP contribution is -2.19. The lowest BCUT2D eigenvalue weighted by atomic mass is 9.96. The summed E-state index contributed by atoms with van der Waals surface area (Å²) in [6.45, 7) is 3.83. The predicted octanol–water partition coefficient (Wildman–Crippen LogP) is 3.07. The van der Waals surface area contributed by atoms with Gasteiger partial charge in [-0.05, 0) is 30.5 Å². The van der Waals surface area contributed by atoms with Crippen LogP contribution in [0.1, 0.15) is 31.7 Å². The zero-order chi connectivity index (χ0) is 12.8. The van der Waals surface area contributed by atoms with E-state index in [1.807, 2.05) is 31.2 Å². The summed E-state index contributed by atoms with van der Waals surface area (Å²) in [4.78, 5) is 22.7. The zero-order valence-electron chi connectivity index (χ0n) is 9.90. The Balaban J connectivity index is 2.63. The monoisotopic (exact) mass is 298 g/mol. The number of hydrogen-bond donors (Lipinski definition) is 0. The highest BCUT2D eigenvalue weighted by atomic mass is 79.9. The van der Waals surface area contributed by atoms with Crippen LogP contribution in [0.5, 0.6) is 0 Å². The fourth-order valence-corrected chi connectivity index (χ4v) is 1.92. The molecule has 0 N–H and O–H groups in total. The summed E-state index contributed by atoms with van der Waals surface area (Å²) in [5.74, 6) is -1.21. The number of benzene rings is 1. The van der Waals surface area contributed by atoms with Crippen molar-refractivity contribution in [2.75, 3.05) is 6.61 Å². The number of carbonyl (C=O) groups is 2. The Morgan fingerprint density at radius 1 is 1.41 bits per heavy atom. The Morgan fingerprint density at radius 3 is 2.71 bits per heavy atom. The van der Waals surface area contributed by atoms with E-state index in [2.05, 4.69) is 20.7 Å². The van der Waals surface area contributed by atoms with Crippen LogP contribution in [0.25, 0.3) is 0 Å². The van der Waals surface area contributed by atoms with Gasteiger partial charge in [0.1, 0.15) is 0 Å². The van der Waals surface area contributed by atoms with E-state index in [1.54, 1.807) is 6.92 Å². The normalized spacial score (nSPS) is 11.9. The van der Waals surface area contributed by atoms with Gasteiger partial charge in [0, 0.05) is 10.9 Å². The average molecular weight is 299 g/mol. The highest BCUT2D eigenvalue weighted by Crippen LogP contribution is 2.22. The highest BCUT2D eigenvalue weighted by Gasteiger charge is 2.19. The second-order valence-corrected chi connectivity index (χ2v) is 4.72. The smallest absolute Gasteiger partial charge is 0.374 e. The van der Waals surface area contributed by atoms with Crippen LogP contribution < -0.4 is 0 Å². The molecule has 4 heteroatoms. The third-order valence-corrected chi connectivity index (χ3v) is 2.91. The van der Waals surface area contributed by atoms with Gasteiger partial charge in [-0.2, -0.15) is 0 Å². The molecular weight excluding hydrogens is 284 g/mol. The molecule has 1 atom stereocenters. The van der Waals surface area contributed by atoms with Crippen LogP contribution in [0, 0.1) is 0 Å². The lowest BCUT2D eigenvalue weighted by molar-refractivity contribution is -0.153. The largest absolute Gasteiger partial charge is 0.460 e. The second kappa shape index (κ2) is 6.55. The number of carbonyl (C=O) groups excluding carboxylic acids is 2. The lowest BCUT2D eigenvalue weighted by Gasteiger charge is -2.10. The summed E-state index contributed by atoms with van der Waals surface area (Å²) in [5.41, 5.74) is 1.03. The van der Waals surface area contributed by atoms with Gasteiger partial charge in [-0.25, -0.2) is 4.79 Å². The Kier molecular flexibility index (Phi) is 5.35. The SMILES string of the molecule is CCOC(=O)C(=O)CC(C)c1cccc(Br)c1. The van der Waals surface area contributed by atoms with Gasteiger partial charge in [0.25, 0.3) is 0 Å². The van der Waals surface area contributed by atoms with E-state index >= 15 is 0 Å². The molecule has 0 aromatic heterocycles. The van der Waals surface area contributed by atoms with Crippen molar-refractivity contribution >= 4 is 27.7 Å². The molecule has 0 radical (unpaired) electrons. The van der Waals surface area contributed by atoms with Gasteiger partial charge in [0.05, 0.1) is 6.61 Å². The molecule has 3 nitrogen and oxygen atoms in total. The predicted molar refractivity (Wildman–Crippen MR) is 68.8 cm³/mol. The minimum Gasteiger partial charge on any atom is -0.460 e. The molecule has 17 heavy (non-hydrogen) atoms. The Morgan fingerprint density at radius 2 is 2.12 bits per heavy atom. The number of rotatable bonds is 5. The maximum Gasteiger partial charge on any atom is 0.374 e. The van der Waals surface area contributed by atoms with Crippen molar-refractivity contribution in [1.82, 2.24) is 0 Å². The number of ether oxygens (including phenoxy) is 1. The quantitative estimate of drug-likeness (QED) is 0.620. The number of hydrogen-bond acceptors (Lipinski definition) is 3. The van der Waals surface area contributed by atoms with Crippen molar-refractivity contribution < 1.29 is 14.3 Å². The van der Waals surface area contributed by atoms with Crippen LogP contribution >= 0.6 is 15.9 Å². The van der Waals surface area contributed by atoms with Gasteiger partial charge in [-0.3, -0.25) is 4.79 Å². The van der Waals surface area contributed by atoms with E-state index in [0.717, 1.165) is 10.0 Å². The van der Waals surface area contributed by atoms with Crippen molar-refractivity contribution in [1.29, 1.82) is 0 Å². The van der Waals surface area contributed by atoms with Gasteiger partial charge >= 0.3 is 5.97 Å². The van der Waals surface area contributed by atoms with Gasteiger partial charge in [-0.1, -0.05) is 35.0 Å². The van der Waals surface area contributed by atoms with Crippen molar-refractivity contribution in [3.8, 4) is 0 Å². The summed E-state index contributed by atoms with van der Waals surface area (Å²) in [7, 11) is 0. The molecule has 1 aromatic rings. The summed E-state index contributed by atoms with van der Waals surface area (Å²) >= 11 is 3.37. The minimum absolute atomic E-state index is 0.00408. The molecule has 0 spiro atoms. The molecule has 1 aromatic carbocycles. The van der Waals surface area contributed by atoms with E-state index in [0.29, 0.717) is 0 Å². The first-order valence-corrected chi connectivity index (χ1v) is 6.29. The topological polar surface area (TPSA) is 43.4 Å². The van der Waals surface area contributed by atoms with Crippen LogP contribution in [-0.4, -0.2) is 18.4 Å². The first kappa shape index (κ1) is 13.9. The molecule has 0 aliphatic carbocycles. The van der Waals surface area contributed by atoms with Crippen molar-refractivity contribution in [2.24, 2.45) is 0 Å². The van der Waals surface area contributed by atoms with Gasteiger partial charge in [-0.15, -0.1) is 0 Å². The Hall–Kier alpha value is -1.16. The Bertz CT molecular complexity index is 415. The van der Waals surface area contributed by atoms with Crippen LogP contribution in [-0.2, 0) is 14.3 Å². The van der Waals surface area contributed by atoms with Crippen molar-refractivity contribution in [2.45, 2.75) is 26.2 Å². The third-order valence-electron chi connectivity index (χ3n) is 2.41. The summed E-state index contributed by atoms with van der Waals surface area (Å²) in [6.07, 6.45) is 0.176.